The SMILES string of the molecule is Cc1c(F)cccc1NCc1cnc(N2CCOCC2)nc1. The lowest BCUT2D eigenvalue weighted by atomic mass is 10.2. The number of aromatic nitrogens is 2. The van der Waals surface area contributed by atoms with Crippen molar-refractivity contribution in [3.8, 4) is 0 Å². The van der Waals surface area contributed by atoms with E-state index in [4.69, 9.17) is 4.74 Å². The standard InChI is InChI=1S/C16H19FN4O/c1-12-14(17)3-2-4-15(12)18-9-13-10-19-16(20-11-13)21-5-7-22-8-6-21/h2-4,10-11,18H,5-9H2,1H3. The number of hydrogen-bond donors (Lipinski definition) is 1. The molecule has 6 heteroatoms. The van der Waals surface area contributed by atoms with E-state index >= 15 is 0 Å². The van der Waals surface area contributed by atoms with Gasteiger partial charge in [-0.05, 0) is 19.1 Å². The molecule has 0 radical (unpaired) electrons. The number of nitrogens with zero attached hydrogens (tertiary/aromatic N) is 3. The summed E-state index contributed by atoms with van der Waals surface area (Å²) in [6.45, 7) is 5.39. The predicted molar refractivity (Wildman–Crippen MR) is 83.5 cm³/mol. The molecule has 0 bridgehead atoms. The van der Waals surface area contributed by atoms with Crippen LogP contribution in [0.3, 0.4) is 0 Å². The number of halogens is 1. The third-order valence-electron chi connectivity index (χ3n) is 3.74. The van der Waals surface area contributed by atoms with E-state index in [1.807, 2.05) is 6.07 Å². The van der Waals surface area contributed by atoms with E-state index in [1.54, 1.807) is 25.4 Å². The van der Waals surface area contributed by atoms with Crippen LogP contribution in [0.1, 0.15) is 11.1 Å². The van der Waals surface area contributed by atoms with Crippen molar-refractivity contribution in [3.05, 3.63) is 47.5 Å². The molecule has 0 amide bonds. The fourth-order valence-electron chi connectivity index (χ4n) is 2.36. The van der Waals surface area contributed by atoms with Crippen molar-refractivity contribution >= 4 is 11.6 Å². The third kappa shape index (κ3) is 3.33. The second-order valence-electron chi connectivity index (χ2n) is 5.26. The average molecular weight is 302 g/mol. The lowest BCUT2D eigenvalue weighted by Gasteiger charge is -2.26. The summed E-state index contributed by atoms with van der Waals surface area (Å²) in [5, 5.41) is 3.22. The van der Waals surface area contributed by atoms with Gasteiger partial charge in [0, 0.05) is 48.8 Å². The summed E-state index contributed by atoms with van der Waals surface area (Å²) >= 11 is 0. The first-order valence-electron chi connectivity index (χ1n) is 7.36. The van der Waals surface area contributed by atoms with Gasteiger partial charge in [-0.25, -0.2) is 14.4 Å². The van der Waals surface area contributed by atoms with Gasteiger partial charge in [0.05, 0.1) is 13.2 Å². The molecule has 5 nitrogen and oxygen atoms in total. The molecular weight excluding hydrogens is 283 g/mol. The Balaban J connectivity index is 1.62. The smallest absolute Gasteiger partial charge is 0.225 e. The molecule has 0 aliphatic carbocycles. The summed E-state index contributed by atoms with van der Waals surface area (Å²) < 4.78 is 18.8. The highest BCUT2D eigenvalue weighted by atomic mass is 19.1. The molecule has 116 valence electrons. The van der Waals surface area contributed by atoms with Gasteiger partial charge >= 0.3 is 0 Å². The Morgan fingerprint density at radius 3 is 2.68 bits per heavy atom. The molecule has 3 rings (SSSR count). The van der Waals surface area contributed by atoms with Gasteiger partial charge in [0.25, 0.3) is 0 Å². The Morgan fingerprint density at radius 2 is 1.95 bits per heavy atom. The van der Waals surface area contributed by atoms with E-state index in [9.17, 15) is 4.39 Å². The van der Waals surface area contributed by atoms with Crippen molar-refractivity contribution in [3.63, 3.8) is 0 Å². The molecule has 1 aromatic carbocycles. The molecule has 22 heavy (non-hydrogen) atoms. The molecule has 0 unspecified atom stereocenters. The summed E-state index contributed by atoms with van der Waals surface area (Å²) in [4.78, 5) is 10.9. The topological polar surface area (TPSA) is 50.3 Å². The van der Waals surface area contributed by atoms with Crippen molar-refractivity contribution in [2.45, 2.75) is 13.5 Å². The van der Waals surface area contributed by atoms with Crippen LogP contribution in [0.5, 0.6) is 0 Å². The van der Waals surface area contributed by atoms with Crippen LogP contribution in [-0.2, 0) is 11.3 Å². The van der Waals surface area contributed by atoms with Crippen molar-refractivity contribution in [2.75, 3.05) is 36.5 Å². The summed E-state index contributed by atoms with van der Waals surface area (Å²) in [5.74, 6) is 0.526. The first-order valence-corrected chi connectivity index (χ1v) is 7.36. The Labute approximate surface area is 129 Å². The summed E-state index contributed by atoms with van der Waals surface area (Å²) in [6.07, 6.45) is 3.61. The van der Waals surface area contributed by atoms with Gasteiger partial charge in [0.1, 0.15) is 5.82 Å². The average Bonchev–Trinajstić information content (AvgIpc) is 2.57. The van der Waals surface area contributed by atoms with Gasteiger partial charge in [-0.1, -0.05) is 6.07 Å². The first kappa shape index (κ1) is 14.7. The van der Waals surface area contributed by atoms with Gasteiger partial charge in [0.2, 0.25) is 5.95 Å². The van der Waals surface area contributed by atoms with Gasteiger partial charge in [-0.15, -0.1) is 0 Å². The molecule has 0 spiro atoms. The number of nitrogens with one attached hydrogen (secondary N) is 1. The number of benzene rings is 1. The lowest BCUT2D eigenvalue weighted by Crippen LogP contribution is -2.37. The van der Waals surface area contributed by atoms with E-state index in [2.05, 4.69) is 20.2 Å². The molecule has 1 fully saturated rings. The monoisotopic (exact) mass is 302 g/mol. The zero-order valence-corrected chi connectivity index (χ0v) is 12.6. The van der Waals surface area contributed by atoms with E-state index in [0.29, 0.717) is 25.3 Å². The van der Waals surface area contributed by atoms with Crippen LogP contribution in [0.25, 0.3) is 0 Å². The summed E-state index contributed by atoms with van der Waals surface area (Å²) in [7, 11) is 0. The number of anilines is 2. The highest BCUT2D eigenvalue weighted by Crippen LogP contribution is 2.18. The van der Waals surface area contributed by atoms with E-state index < -0.39 is 0 Å². The maximum Gasteiger partial charge on any atom is 0.225 e. The van der Waals surface area contributed by atoms with Crippen LogP contribution in [0.4, 0.5) is 16.0 Å². The normalized spacial score (nSPS) is 14.9. The number of hydrogen-bond acceptors (Lipinski definition) is 5. The van der Waals surface area contributed by atoms with Crippen molar-refractivity contribution in [2.24, 2.45) is 0 Å². The second-order valence-corrected chi connectivity index (χ2v) is 5.26. The molecule has 0 atom stereocenters. The lowest BCUT2D eigenvalue weighted by molar-refractivity contribution is 0.122. The molecule has 1 saturated heterocycles. The van der Waals surface area contributed by atoms with Gasteiger partial charge < -0.3 is 15.0 Å². The molecule has 2 aromatic rings. The van der Waals surface area contributed by atoms with Crippen LogP contribution < -0.4 is 10.2 Å². The molecular formula is C16H19FN4O. The van der Waals surface area contributed by atoms with Gasteiger partial charge in [-0.2, -0.15) is 0 Å². The first-order chi connectivity index (χ1) is 10.7. The predicted octanol–water partition coefficient (Wildman–Crippen LogP) is 2.37. The van der Waals surface area contributed by atoms with Crippen LogP contribution in [0.15, 0.2) is 30.6 Å². The number of ether oxygens (including phenoxy) is 1. The fraction of sp³-hybridized carbons (Fsp3) is 0.375. The highest BCUT2D eigenvalue weighted by Gasteiger charge is 2.13. The number of morpholine rings is 1. The van der Waals surface area contributed by atoms with Crippen molar-refractivity contribution in [1.29, 1.82) is 0 Å². The Kier molecular flexibility index (Phi) is 4.48. The largest absolute Gasteiger partial charge is 0.381 e. The minimum absolute atomic E-state index is 0.205. The van der Waals surface area contributed by atoms with Crippen LogP contribution in [0, 0.1) is 12.7 Å². The van der Waals surface area contributed by atoms with E-state index in [-0.39, 0.29) is 5.82 Å². The zero-order chi connectivity index (χ0) is 15.4. The van der Waals surface area contributed by atoms with E-state index in [0.717, 1.165) is 30.3 Å². The maximum absolute atomic E-state index is 13.5. The third-order valence-corrected chi connectivity index (χ3v) is 3.74. The Bertz CT molecular complexity index is 627. The highest BCUT2D eigenvalue weighted by molar-refractivity contribution is 5.51. The minimum atomic E-state index is -0.205. The summed E-state index contributed by atoms with van der Waals surface area (Å²) in [6, 6.07) is 5.02. The molecule has 1 aliphatic rings. The maximum atomic E-state index is 13.5. The molecule has 0 saturated carbocycles. The van der Waals surface area contributed by atoms with Gasteiger partial charge in [-0.3, -0.25) is 0 Å². The van der Waals surface area contributed by atoms with Crippen LogP contribution in [0.2, 0.25) is 0 Å². The molecule has 2 heterocycles. The minimum Gasteiger partial charge on any atom is -0.381 e. The zero-order valence-electron chi connectivity index (χ0n) is 12.6. The Hall–Kier alpha value is -2.21. The van der Waals surface area contributed by atoms with Crippen LogP contribution in [-0.4, -0.2) is 36.3 Å². The molecule has 1 aromatic heterocycles. The van der Waals surface area contributed by atoms with Crippen molar-refractivity contribution in [1.82, 2.24) is 9.97 Å². The second kappa shape index (κ2) is 6.70. The van der Waals surface area contributed by atoms with E-state index in [1.165, 1.54) is 6.07 Å². The quantitative estimate of drug-likeness (QED) is 0.939. The molecule has 1 aliphatic heterocycles. The Morgan fingerprint density at radius 1 is 1.23 bits per heavy atom. The van der Waals surface area contributed by atoms with Gasteiger partial charge in [0.15, 0.2) is 0 Å². The van der Waals surface area contributed by atoms with Crippen molar-refractivity contribution < 1.29 is 9.13 Å². The summed E-state index contributed by atoms with van der Waals surface area (Å²) in [5.41, 5.74) is 2.37. The van der Waals surface area contributed by atoms with Crippen LogP contribution >= 0.6 is 0 Å². The molecule has 1 N–H and O–H groups in total. The fourth-order valence-corrected chi connectivity index (χ4v) is 2.36. The number of rotatable bonds is 4.